The fourth-order valence-corrected chi connectivity index (χ4v) is 2.77. The molecule has 0 bridgehead atoms. The molecule has 5 nitrogen and oxygen atoms in total. The molecule has 0 saturated carbocycles. The van der Waals surface area contributed by atoms with Crippen molar-refractivity contribution in [2.24, 2.45) is 5.92 Å². The largest absolute Gasteiger partial charge is 0.353 e. The van der Waals surface area contributed by atoms with Gasteiger partial charge in [-0.3, -0.25) is 4.79 Å². The van der Waals surface area contributed by atoms with Crippen LogP contribution in [0, 0.1) is 5.92 Å². The van der Waals surface area contributed by atoms with Crippen LogP contribution in [0.15, 0.2) is 0 Å². The number of amides is 1. The van der Waals surface area contributed by atoms with Crippen LogP contribution in [0.4, 0.5) is 0 Å². The average Bonchev–Trinajstić information content (AvgIpc) is 2.35. The summed E-state index contributed by atoms with van der Waals surface area (Å²) in [7, 11) is -2.54. The van der Waals surface area contributed by atoms with E-state index in [1.54, 1.807) is 0 Å². The molecule has 1 N–H and O–H groups in total. The highest BCUT2D eigenvalue weighted by Crippen LogP contribution is 2.17. The highest BCUT2D eigenvalue weighted by atomic mass is 32.2. The fourth-order valence-electron chi connectivity index (χ4n) is 2.13. The minimum Gasteiger partial charge on any atom is -0.353 e. The summed E-state index contributed by atoms with van der Waals surface area (Å²) >= 11 is 0. The van der Waals surface area contributed by atoms with Gasteiger partial charge in [0.2, 0.25) is 16.8 Å². The Labute approximate surface area is 105 Å². The van der Waals surface area contributed by atoms with Gasteiger partial charge in [0.15, 0.2) is 0 Å². The van der Waals surface area contributed by atoms with E-state index in [-0.39, 0.29) is 17.9 Å². The average molecular weight is 262 g/mol. The van der Waals surface area contributed by atoms with Gasteiger partial charge in [-0.15, -0.1) is 0 Å². The third kappa shape index (κ3) is 4.27. The van der Waals surface area contributed by atoms with Crippen LogP contribution in [0.2, 0.25) is 0 Å². The van der Waals surface area contributed by atoms with Gasteiger partial charge in [-0.25, -0.2) is 12.7 Å². The second-order valence-corrected chi connectivity index (χ2v) is 5.55. The first-order valence-electron chi connectivity index (χ1n) is 6.28. The van der Waals surface area contributed by atoms with E-state index in [1.165, 1.54) is 4.31 Å². The molecule has 1 fully saturated rings. The first-order valence-corrected chi connectivity index (χ1v) is 7.41. The molecule has 0 aromatic heterocycles. The summed E-state index contributed by atoms with van der Waals surface area (Å²) in [5.41, 5.74) is 0. The van der Waals surface area contributed by atoms with E-state index in [4.69, 9.17) is 0 Å². The summed E-state index contributed by atoms with van der Waals surface area (Å²) in [4.78, 5) is 12.0. The van der Waals surface area contributed by atoms with E-state index in [0.717, 1.165) is 25.7 Å². The van der Waals surface area contributed by atoms with E-state index in [2.05, 4.69) is 5.32 Å². The lowest BCUT2D eigenvalue weighted by atomic mass is 9.98. The number of rotatable bonds is 5. The second kappa shape index (κ2) is 6.96. The number of nitrogens with zero attached hydrogens (tertiary/aromatic N) is 1. The SMILES string of the molecule is CCC(CC)NC(=O)[C@@H]1CCCN([SH](=O)=O)C1. The Morgan fingerprint density at radius 2 is 2.06 bits per heavy atom. The molecule has 0 unspecified atom stereocenters. The zero-order valence-corrected chi connectivity index (χ0v) is 11.4. The quantitative estimate of drug-likeness (QED) is 0.710. The third-order valence-corrected chi connectivity index (χ3v) is 4.16. The zero-order chi connectivity index (χ0) is 12.8. The molecule has 1 rings (SSSR count). The number of thiol groups is 1. The standard InChI is InChI=1S/C11H22N2O3S/c1-3-10(4-2)12-11(14)9-6-5-7-13(8-9)17(15)16/h9-10,17H,3-8H2,1-2H3,(H,12,14)/t9-/m1/s1. The number of nitrogens with one attached hydrogen (secondary N) is 1. The van der Waals surface area contributed by atoms with Crippen molar-refractivity contribution < 1.29 is 13.2 Å². The summed E-state index contributed by atoms with van der Waals surface area (Å²) in [5, 5.41) is 2.98. The van der Waals surface area contributed by atoms with Crippen molar-refractivity contribution in [2.75, 3.05) is 13.1 Å². The summed E-state index contributed by atoms with van der Waals surface area (Å²) in [6, 6.07) is 0.207. The van der Waals surface area contributed by atoms with Crippen LogP contribution in [0.5, 0.6) is 0 Å². The molecule has 1 atom stereocenters. The first-order chi connectivity index (χ1) is 8.08. The third-order valence-electron chi connectivity index (χ3n) is 3.33. The minimum atomic E-state index is -2.54. The Morgan fingerprint density at radius 3 is 2.59 bits per heavy atom. The molecule has 0 spiro atoms. The lowest BCUT2D eigenvalue weighted by Crippen LogP contribution is -2.45. The van der Waals surface area contributed by atoms with Crippen molar-refractivity contribution >= 4 is 16.8 Å². The Kier molecular flexibility index (Phi) is 5.91. The molecule has 1 aliphatic heterocycles. The fraction of sp³-hybridized carbons (Fsp3) is 0.909. The molecule has 100 valence electrons. The molecule has 0 aromatic rings. The number of carbonyl (C=O) groups excluding carboxylic acids is 1. The monoisotopic (exact) mass is 262 g/mol. The Morgan fingerprint density at radius 1 is 1.41 bits per heavy atom. The lowest BCUT2D eigenvalue weighted by molar-refractivity contribution is -0.126. The lowest BCUT2D eigenvalue weighted by Gasteiger charge is -2.28. The highest BCUT2D eigenvalue weighted by molar-refractivity contribution is 7.69. The van der Waals surface area contributed by atoms with Crippen LogP contribution in [0.3, 0.4) is 0 Å². The van der Waals surface area contributed by atoms with Crippen LogP contribution in [-0.4, -0.2) is 37.8 Å². The molecule has 1 heterocycles. The summed E-state index contributed by atoms with van der Waals surface area (Å²) < 4.78 is 23.1. The van der Waals surface area contributed by atoms with Gasteiger partial charge in [0.1, 0.15) is 0 Å². The van der Waals surface area contributed by atoms with Gasteiger partial charge in [-0.1, -0.05) is 13.8 Å². The maximum atomic E-state index is 12.0. The first kappa shape index (κ1) is 14.4. The maximum Gasteiger partial charge on any atom is 0.224 e. The predicted octanol–water partition coefficient (Wildman–Crippen LogP) is 0.530. The molecular formula is C11H22N2O3S. The molecule has 17 heavy (non-hydrogen) atoms. The maximum absolute atomic E-state index is 12.0. The van der Waals surface area contributed by atoms with Crippen LogP contribution in [0.1, 0.15) is 39.5 Å². The smallest absolute Gasteiger partial charge is 0.224 e. The van der Waals surface area contributed by atoms with Gasteiger partial charge in [0.05, 0.1) is 5.92 Å². The Balaban J connectivity index is 2.51. The molecule has 1 amide bonds. The normalized spacial score (nSPS) is 22.0. The second-order valence-electron chi connectivity index (χ2n) is 4.51. The summed E-state index contributed by atoms with van der Waals surface area (Å²) in [6.45, 7) is 4.96. The molecule has 0 aliphatic carbocycles. The number of hydrogen-bond donors (Lipinski definition) is 2. The summed E-state index contributed by atoms with van der Waals surface area (Å²) in [6.07, 6.45) is 3.37. The summed E-state index contributed by atoms with van der Waals surface area (Å²) in [5.74, 6) is -0.183. The van der Waals surface area contributed by atoms with E-state index in [9.17, 15) is 13.2 Å². The minimum absolute atomic E-state index is 0.000231. The van der Waals surface area contributed by atoms with Crippen LogP contribution < -0.4 is 5.32 Å². The predicted molar refractivity (Wildman–Crippen MR) is 67.1 cm³/mol. The Hall–Kier alpha value is -0.620. The Bertz CT molecular complexity index is 319. The molecule has 6 heteroatoms. The van der Waals surface area contributed by atoms with Gasteiger partial charge in [-0.05, 0) is 25.7 Å². The van der Waals surface area contributed by atoms with E-state index >= 15 is 0 Å². The molecule has 1 aliphatic rings. The van der Waals surface area contributed by atoms with Gasteiger partial charge < -0.3 is 5.32 Å². The van der Waals surface area contributed by atoms with Crippen LogP contribution in [0.25, 0.3) is 0 Å². The van der Waals surface area contributed by atoms with Gasteiger partial charge >= 0.3 is 0 Å². The molecule has 0 radical (unpaired) electrons. The topological polar surface area (TPSA) is 66.5 Å². The van der Waals surface area contributed by atoms with Gasteiger partial charge in [-0.2, -0.15) is 0 Å². The van der Waals surface area contributed by atoms with Gasteiger partial charge in [0, 0.05) is 19.1 Å². The number of hydrogen-bond acceptors (Lipinski definition) is 3. The van der Waals surface area contributed by atoms with E-state index in [0.29, 0.717) is 13.1 Å². The van der Waals surface area contributed by atoms with Crippen LogP contribution >= 0.6 is 0 Å². The molecular weight excluding hydrogens is 240 g/mol. The highest BCUT2D eigenvalue weighted by Gasteiger charge is 2.27. The van der Waals surface area contributed by atoms with Crippen molar-refractivity contribution in [1.29, 1.82) is 0 Å². The van der Waals surface area contributed by atoms with Crippen molar-refractivity contribution in [1.82, 2.24) is 9.62 Å². The van der Waals surface area contributed by atoms with E-state index < -0.39 is 10.9 Å². The van der Waals surface area contributed by atoms with E-state index in [1.807, 2.05) is 13.8 Å². The number of piperidine rings is 1. The zero-order valence-electron chi connectivity index (χ0n) is 10.5. The number of carbonyl (C=O) groups is 1. The van der Waals surface area contributed by atoms with Crippen molar-refractivity contribution in [3.63, 3.8) is 0 Å². The van der Waals surface area contributed by atoms with Crippen molar-refractivity contribution in [2.45, 2.75) is 45.6 Å². The molecule has 0 aromatic carbocycles. The van der Waals surface area contributed by atoms with Gasteiger partial charge in [0.25, 0.3) is 0 Å². The van der Waals surface area contributed by atoms with Crippen molar-refractivity contribution in [3.8, 4) is 0 Å². The van der Waals surface area contributed by atoms with Crippen molar-refractivity contribution in [3.05, 3.63) is 0 Å². The van der Waals surface area contributed by atoms with Crippen LogP contribution in [-0.2, 0) is 15.7 Å². The molecule has 1 saturated heterocycles.